The molecule has 1 saturated heterocycles. The third-order valence-corrected chi connectivity index (χ3v) is 4.83. The van der Waals surface area contributed by atoms with Crippen LogP contribution >= 0.6 is 0 Å². The molecule has 2 aromatic rings. The van der Waals surface area contributed by atoms with Crippen LogP contribution in [-0.4, -0.2) is 43.8 Å². The molecule has 0 saturated carbocycles. The summed E-state index contributed by atoms with van der Waals surface area (Å²) in [4.78, 5) is 17.8. The number of aromatic nitrogens is 3. The summed E-state index contributed by atoms with van der Waals surface area (Å²) >= 11 is 0. The van der Waals surface area contributed by atoms with Crippen molar-refractivity contribution in [1.29, 1.82) is 0 Å². The van der Waals surface area contributed by atoms with Crippen molar-refractivity contribution in [2.75, 3.05) is 13.1 Å². The van der Waals surface area contributed by atoms with E-state index in [2.05, 4.69) is 41.8 Å². The van der Waals surface area contributed by atoms with Gasteiger partial charge in [-0.3, -0.25) is 14.6 Å². The van der Waals surface area contributed by atoms with Gasteiger partial charge < -0.3 is 5.11 Å². The molecule has 2 aromatic heterocycles. The maximum Gasteiger partial charge on any atom is 0.356 e. The Labute approximate surface area is 148 Å². The van der Waals surface area contributed by atoms with Gasteiger partial charge in [-0.15, -0.1) is 0 Å². The maximum atomic E-state index is 11.0. The number of carbonyl (C=O) groups is 1. The third kappa shape index (κ3) is 4.25. The standard InChI is InChI=1S/C19H26N4O2/c1-19(2,3)15-10-14(11-20-12-15)13-22-7-4-16(5-8-22)23-9-6-17(21-23)18(24)25/h6,9-12,16H,4-5,7-8,13H2,1-3H3,(H,24,25). The number of hydrogen-bond donors (Lipinski definition) is 1. The first-order valence-electron chi connectivity index (χ1n) is 8.78. The lowest BCUT2D eigenvalue weighted by molar-refractivity contribution is 0.0688. The molecule has 1 fully saturated rings. The lowest BCUT2D eigenvalue weighted by atomic mass is 9.87. The van der Waals surface area contributed by atoms with Crippen LogP contribution in [0.1, 0.15) is 61.3 Å². The summed E-state index contributed by atoms with van der Waals surface area (Å²) in [6.07, 6.45) is 7.64. The Kier molecular flexibility index (Phi) is 4.90. The second-order valence-corrected chi connectivity index (χ2v) is 7.83. The predicted molar refractivity (Wildman–Crippen MR) is 95.7 cm³/mol. The second kappa shape index (κ2) is 6.96. The summed E-state index contributed by atoms with van der Waals surface area (Å²) in [5, 5.41) is 13.2. The Morgan fingerprint density at radius 1 is 1.28 bits per heavy atom. The molecule has 25 heavy (non-hydrogen) atoms. The van der Waals surface area contributed by atoms with E-state index in [0.29, 0.717) is 0 Å². The van der Waals surface area contributed by atoms with Crippen LogP contribution in [0.4, 0.5) is 0 Å². The first-order chi connectivity index (χ1) is 11.8. The zero-order chi connectivity index (χ0) is 18.0. The average molecular weight is 342 g/mol. The van der Waals surface area contributed by atoms with Crippen LogP contribution in [0.2, 0.25) is 0 Å². The second-order valence-electron chi connectivity index (χ2n) is 7.83. The maximum absolute atomic E-state index is 11.0. The summed E-state index contributed by atoms with van der Waals surface area (Å²) in [7, 11) is 0. The van der Waals surface area contributed by atoms with E-state index in [4.69, 9.17) is 5.11 Å². The van der Waals surface area contributed by atoms with Crippen LogP contribution in [0, 0.1) is 0 Å². The highest BCUT2D eigenvalue weighted by Crippen LogP contribution is 2.25. The number of hydrogen-bond acceptors (Lipinski definition) is 4. The van der Waals surface area contributed by atoms with Gasteiger partial charge in [0.25, 0.3) is 0 Å². The number of nitrogens with zero attached hydrogens (tertiary/aromatic N) is 4. The fourth-order valence-corrected chi connectivity index (χ4v) is 3.24. The minimum absolute atomic E-state index is 0.109. The molecule has 0 aromatic carbocycles. The fraction of sp³-hybridized carbons (Fsp3) is 0.526. The lowest BCUT2D eigenvalue weighted by Crippen LogP contribution is -2.34. The highest BCUT2D eigenvalue weighted by atomic mass is 16.4. The Morgan fingerprint density at radius 2 is 2.00 bits per heavy atom. The van der Waals surface area contributed by atoms with Gasteiger partial charge in [0.2, 0.25) is 0 Å². The van der Waals surface area contributed by atoms with Crippen LogP contribution in [0.15, 0.2) is 30.7 Å². The zero-order valence-electron chi connectivity index (χ0n) is 15.1. The molecule has 1 aliphatic rings. The van der Waals surface area contributed by atoms with Crippen molar-refractivity contribution >= 4 is 5.97 Å². The third-order valence-electron chi connectivity index (χ3n) is 4.83. The van der Waals surface area contributed by atoms with Crippen molar-refractivity contribution in [3.05, 3.63) is 47.5 Å². The molecule has 0 bridgehead atoms. The summed E-state index contributed by atoms with van der Waals surface area (Å²) in [5.74, 6) is -0.970. The van der Waals surface area contributed by atoms with Gasteiger partial charge >= 0.3 is 5.97 Å². The van der Waals surface area contributed by atoms with E-state index in [9.17, 15) is 4.79 Å². The predicted octanol–water partition coefficient (Wildman–Crippen LogP) is 3.11. The molecule has 0 amide bonds. The van der Waals surface area contributed by atoms with Crippen molar-refractivity contribution in [1.82, 2.24) is 19.7 Å². The topological polar surface area (TPSA) is 71.2 Å². The van der Waals surface area contributed by atoms with Crippen molar-refractivity contribution in [3.63, 3.8) is 0 Å². The van der Waals surface area contributed by atoms with Gasteiger partial charge in [0.15, 0.2) is 5.69 Å². The number of carboxylic acids is 1. The minimum atomic E-state index is -0.970. The van der Waals surface area contributed by atoms with Gasteiger partial charge in [-0.05, 0) is 35.4 Å². The van der Waals surface area contributed by atoms with Crippen LogP contribution in [-0.2, 0) is 12.0 Å². The molecule has 1 N–H and O–H groups in total. The number of pyridine rings is 1. The number of aromatic carboxylic acids is 1. The van der Waals surface area contributed by atoms with Crippen LogP contribution in [0.5, 0.6) is 0 Å². The number of rotatable bonds is 4. The molecule has 6 nitrogen and oxygen atoms in total. The van der Waals surface area contributed by atoms with Gasteiger partial charge in [0.1, 0.15) is 0 Å². The number of carboxylic acid groups (broad SMARTS) is 1. The number of likely N-dealkylation sites (tertiary alicyclic amines) is 1. The van der Waals surface area contributed by atoms with Crippen molar-refractivity contribution in [3.8, 4) is 0 Å². The van der Waals surface area contributed by atoms with Gasteiger partial charge in [0.05, 0.1) is 6.04 Å². The molecular formula is C19H26N4O2. The normalized spacial score (nSPS) is 16.9. The van der Waals surface area contributed by atoms with Crippen LogP contribution < -0.4 is 0 Å². The van der Waals surface area contributed by atoms with E-state index in [1.165, 1.54) is 11.1 Å². The molecule has 0 unspecified atom stereocenters. The van der Waals surface area contributed by atoms with E-state index >= 15 is 0 Å². The van der Waals surface area contributed by atoms with E-state index in [0.717, 1.165) is 32.5 Å². The summed E-state index contributed by atoms with van der Waals surface area (Å²) in [5.41, 5.74) is 2.74. The molecule has 134 valence electrons. The highest BCUT2D eigenvalue weighted by Gasteiger charge is 2.22. The molecule has 6 heteroatoms. The van der Waals surface area contributed by atoms with Crippen molar-refractivity contribution in [2.24, 2.45) is 0 Å². The average Bonchev–Trinajstić information content (AvgIpc) is 3.05. The zero-order valence-corrected chi connectivity index (χ0v) is 15.1. The monoisotopic (exact) mass is 342 g/mol. The van der Waals surface area contributed by atoms with E-state index in [1.807, 2.05) is 17.1 Å². The Morgan fingerprint density at radius 3 is 2.60 bits per heavy atom. The molecule has 3 rings (SSSR count). The largest absolute Gasteiger partial charge is 0.476 e. The Bertz CT molecular complexity index is 740. The summed E-state index contributed by atoms with van der Waals surface area (Å²) in [6, 6.07) is 4.10. The number of piperidine rings is 1. The van der Waals surface area contributed by atoms with Gasteiger partial charge in [-0.2, -0.15) is 5.10 Å². The molecule has 1 aliphatic heterocycles. The quantitative estimate of drug-likeness (QED) is 0.924. The Hall–Kier alpha value is -2.21. The Balaban J connectivity index is 1.58. The molecule has 0 spiro atoms. The van der Waals surface area contributed by atoms with Crippen LogP contribution in [0.3, 0.4) is 0 Å². The first kappa shape index (κ1) is 17.6. The van der Waals surface area contributed by atoms with E-state index in [-0.39, 0.29) is 17.2 Å². The lowest BCUT2D eigenvalue weighted by Gasteiger charge is -2.32. The molecule has 0 aliphatic carbocycles. The van der Waals surface area contributed by atoms with Crippen molar-refractivity contribution < 1.29 is 9.90 Å². The molecule has 0 atom stereocenters. The molecular weight excluding hydrogens is 316 g/mol. The summed E-state index contributed by atoms with van der Waals surface area (Å²) in [6.45, 7) is 9.47. The first-order valence-corrected chi connectivity index (χ1v) is 8.78. The molecule has 0 radical (unpaired) electrons. The minimum Gasteiger partial charge on any atom is -0.476 e. The van der Waals surface area contributed by atoms with Gasteiger partial charge in [0, 0.05) is 38.2 Å². The van der Waals surface area contributed by atoms with Crippen molar-refractivity contribution in [2.45, 2.75) is 51.6 Å². The fourth-order valence-electron chi connectivity index (χ4n) is 3.24. The van der Waals surface area contributed by atoms with E-state index in [1.54, 1.807) is 12.3 Å². The van der Waals surface area contributed by atoms with Crippen LogP contribution in [0.25, 0.3) is 0 Å². The highest BCUT2D eigenvalue weighted by molar-refractivity contribution is 5.85. The summed E-state index contributed by atoms with van der Waals surface area (Å²) < 4.78 is 1.81. The SMILES string of the molecule is CC(C)(C)c1cncc(CN2CCC(n3ccc(C(=O)O)n3)CC2)c1. The molecule has 3 heterocycles. The van der Waals surface area contributed by atoms with Gasteiger partial charge in [-0.25, -0.2) is 4.79 Å². The van der Waals surface area contributed by atoms with Gasteiger partial charge in [-0.1, -0.05) is 26.8 Å². The smallest absolute Gasteiger partial charge is 0.356 e. The van der Waals surface area contributed by atoms with E-state index < -0.39 is 5.97 Å².